The normalized spacial score (nSPS) is 12.8. The predicted molar refractivity (Wildman–Crippen MR) is 172 cm³/mol. The number of hydrogen-bond acceptors (Lipinski definition) is 3. The van der Waals surface area contributed by atoms with Gasteiger partial charge < -0.3 is 13.7 Å². The summed E-state index contributed by atoms with van der Waals surface area (Å²) in [5, 5.41) is 14.0. The van der Waals surface area contributed by atoms with Crippen molar-refractivity contribution in [3.05, 3.63) is 138 Å². The number of aromatic nitrogens is 1. The molecule has 0 spiro atoms. The fourth-order valence-corrected chi connectivity index (χ4v) is 6.73. The molecule has 4 heteroatoms. The van der Waals surface area contributed by atoms with Crippen molar-refractivity contribution in [2.45, 2.75) is 13.2 Å². The Morgan fingerprint density at radius 2 is 1.33 bits per heavy atom. The van der Waals surface area contributed by atoms with Crippen LogP contribution in [0.1, 0.15) is 16.7 Å². The SMILES string of the molecule is N#Cc1ccc2c(c1)c1ccccc1n2-c1ccc2c(c1)COCc1ccc(-c3ccc4oc5ccccc5c4c3)cc1-2. The molecule has 0 N–H and O–H groups in total. The van der Waals surface area contributed by atoms with Crippen molar-refractivity contribution in [1.82, 2.24) is 4.57 Å². The molecule has 6 aromatic carbocycles. The van der Waals surface area contributed by atoms with Crippen LogP contribution < -0.4 is 0 Å². The third-order valence-corrected chi connectivity index (χ3v) is 8.77. The van der Waals surface area contributed by atoms with Crippen LogP contribution in [0, 0.1) is 11.3 Å². The van der Waals surface area contributed by atoms with Gasteiger partial charge in [-0.2, -0.15) is 5.26 Å². The van der Waals surface area contributed by atoms with E-state index in [-0.39, 0.29) is 0 Å². The lowest BCUT2D eigenvalue weighted by atomic mass is 9.92. The van der Waals surface area contributed by atoms with E-state index in [1.165, 1.54) is 22.3 Å². The number of ether oxygens (including phenoxy) is 1. The minimum Gasteiger partial charge on any atom is -0.456 e. The van der Waals surface area contributed by atoms with Crippen molar-refractivity contribution in [1.29, 1.82) is 5.26 Å². The predicted octanol–water partition coefficient (Wildman–Crippen LogP) is 9.92. The number of nitrogens with zero attached hydrogens (tertiary/aromatic N) is 2. The Morgan fingerprint density at radius 3 is 2.26 bits per heavy atom. The van der Waals surface area contributed by atoms with Gasteiger partial charge in [-0.25, -0.2) is 0 Å². The number of nitriles is 1. The van der Waals surface area contributed by atoms with Gasteiger partial charge in [-0.15, -0.1) is 0 Å². The van der Waals surface area contributed by atoms with E-state index in [0.717, 1.165) is 60.6 Å². The summed E-state index contributed by atoms with van der Waals surface area (Å²) in [6, 6.07) is 44.7. The molecule has 202 valence electrons. The highest BCUT2D eigenvalue weighted by Gasteiger charge is 2.19. The first-order valence-corrected chi connectivity index (χ1v) is 14.4. The topological polar surface area (TPSA) is 51.1 Å². The molecule has 0 radical (unpaired) electrons. The lowest BCUT2D eigenvalue weighted by molar-refractivity contribution is 0.110. The second-order valence-corrected chi connectivity index (χ2v) is 11.2. The molecule has 0 atom stereocenters. The van der Waals surface area contributed by atoms with E-state index >= 15 is 0 Å². The monoisotopic (exact) mass is 552 g/mol. The first-order chi connectivity index (χ1) is 21.2. The molecule has 2 aromatic heterocycles. The molecule has 9 rings (SSSR count). The second-order valence-electron chi connectivity index (χ2n) is 11.2. The van der Waals surface area contributed by atoms with Crippen LogP contribution in [0.5, 0.6) is 0 Å². The summed E-state index contributed by atoms with van der Waals surface area (Å²) < 4.78 is 14.6. The van der Waals surface area contributed by atoms with Crippen molar-refractivity contribution in [3.63, 3.8) is 0 Å². The van der Waals surface area contributed by atoms with Crippen molar-refractivity contribution >= 4 is 43.7 Å². The van der Waals surface area contributed by atoms with Crippen LogP contribution in [0.2, 0.25) is 0 Å². The second kappa shape index (κ2) is 9.19. The Kier molecular flexibility index (Phi) is 5.13. The van der Waals surface area contributed by atoms with Crippen LogP contribution >= 0.6 is 0 Å². The van der Waals surface area contributed by atoms with Crippen LogP contribution in [-0.2, 0) is 18.0 Å². The molecule has 1 aliphatic heterocycles. The highest BCUT2D eigenvalue weighted by atomic mass is 16.5. The van der Waals surface area contributed by atoms with Gasteiger partial charge in [-0.05, 0) is 94.0 Å². The van der Waals surface area contributed by atoms with E-state index in [1.54, 1.807) is 0 Å². The third-order valence-electron chi connectivity index (χ3n) is 8.77. The van der Waals surface area contributed by atoms with Crippen molar-refractivity contribution < 1.29 is 9.15 Å². The van der Waals surface area contributed by atoms with Crippen LogP contribution in [0.15, 0.2) is 126 Å². The maximum Gasteiger partial charge on any atom is 0.135 e. The summed E-state index contributed by atoms with van der Waals surface area (Å²) in [7, 11) is 0. The van der Waals surface area contributed by atoms with Crippen molar-refractivity contribution in [2.24, 2.45) is 0 Å². The number of para-hydroxylation sites is 2. The number of rotatable bonds is 2. The minimum absolute atomic E-state index is 0.538. The Hall–Kier alpha value is -5.63. The van der Waals surface area contributed by atoms with E-state index in [9.17, 15) is 5.26 Å². The quantitative estimate of drug-likeness (QED) is 0.214. The molecule has 0 saturated carbocycles. The average Bonchev–Trinajstić information content (AvgIpc) is 3.53. The van der Waals surface area contributed by atoms with Gasteiger partial charge in [0.15, 0.2) is 0 Å². The van der Waals surface area contributed by atoms with Gasteiger partial charge in [-0.1, -0.05) is 60.7 Å². The zero-order valence-electron chi connectivity index (χ0n) is 23.2. The maximum absolute atomic E-state index is 9.53. The molecule has 0 fully saturated rings. The first kappa shape index (κ1) is 24.0. The summed E-state index contributed by atoms with van der Waals surface area (Å²) in [6.45, 7) is 1.10. The van der Waals surface area contributed by atoms with Gasteiger partial charge in [0.05, 0.1) is 35.9 Å². The number of furan rings is 1. The molecule has 43 heavy (non-hydrogen) atoms. The summed E-state index contributed by atoms with van der Waals surface area (Å²) in [4.78, 5) is 0. The minimum atomic E-state index is 0.538. The van der Waals surface area contributed by atoms with Gasteiger partial charge >= 0.3 is 0 Å². The largest absolute Gasteiger partial charge is 0.456 e. The summed E-state index contributed by atoms with van der Waals surface area (Å²) in [6.07, 6.45) is 0. The number of benzene rings is 6. The van der Waals surface area contributed by atoms with E-state index in [1.807, 2.05) is 24.3 Å². The van der Waals surface area contributed by atoms with E-state index in [4.69, 9.17) is 9.15 Å². The van der Waals surface area contributed by atoms with Gasteiger partial charge in [0, 0.05) is 27.2 Å². The maximum atomic E-state index is 9.53. The number of fused-ring (bicyclic) bond motifs is 9. The lowest BCUT2D eigenvalue weighted by Crippen LogP contribution is -1.97. The Balaban J connectivity index is 1.19. The zero-order chi connectivity index (χ0) is 28.5. The Morgan fingerprint density at radius 1 is 0.558 bits per heavy atom. The molecule has 0 bridgehead atoms. The molecule has 0 amide bonds. The van der Waals surface area contributed by atoms with Crippen LogP contribution in [-0.4, -0.2) is 4.57 Å². The molecule has 4 nitrogen and oxygen atoms in total. The van der Waals surface area contributed by atoms with E-state index in [2.05, 4.69) is 108 Å². The first-order valence-electron chi connectivity index (χ1n) is 14.4. The molecular formula is C39H24N2O2. The fourth-order valence-electron chi connectivity index (χ4n) is 6.73. The summed E-state index contributed by atoms with van der Waals surface area (Å²) >= 11 is 0. The fraction of sp³-hybridized carbons (Fsp3) is 0.0513. The lowest BCUT2D eigenvalue weighted by Gasteiger charge is -2.14. The Bertz CT molecular complexity index is 2450. The molecule has 0 unspecified atom stereocenters. The van der Waals surface area contributed by atoms with E-state index < -0.39 is 0 Å². The highest BCUT2D eigenvalue weighted by molar-refractivity contribution is 6.10. The molecular weight excluding hydrogens is 528 g/mol. The number of hydrogen-bond donors (Lipinski definition) is 0. The van der Waals surface area contributed by atoms with Crippen molar-refractivity contribution in [3.8, 4) is 34.0 Å². The van der Waals surface area contributed by atoms with Gasteiger partial charge in [0.25, 0.3) is 0 Å². The van der Waals surface area contributed by atoms with Crippen LogP contribution in [0.3, 0.4) is 0 Å². The third kappa shape index (κ3) is 3.66. The smallest absolute Gasteiger partial charge is 0.135 e. The zero-order valence-corrected chi connectivity index (χ0v) is 23.2. The molecule has 0 aliphatic carbocycles. The van der Waals surface area contributed by atoms with Gasteiger partial charge in [0.1, 0.15) is 11.2 Å². The standard InChI is InChI=1S/C39H24N2O2/c40-21-24-9-15-37-34(17-24)31-5-1-3-7-36(31)41(37)29-13-14-30-28(18-29)23-42-22-27-11-10-25(19-33(27)30)26-12-16-39-35(20-26)32-6-2-4-8-38(32)43-39/h1-20H,22-23H2. The van der Waals surface area contributed by atoms with Gasteiger partial charge in [0.2, 0.25) is 0 Å². The van der Waals surface area contributed by atoms with Crippen LogP contribution in [0.4, 0.5) is 0 Å². The van der Waals surface area contributed by atoms with Crippen LogP contribution in [0.25, 0.3) is 71.7 Å². The highest BCUT2D eigenvalue weighted by Crippen LogP contribution is 2.39. The average molecular weight is 553 g/mol. The Labute approximate surface area is 247 Å². The molecule has 1 aliphatic rings. The van der Waals surface area contributed by atoms with Crippen molar-refractivity contribution in [2.75, 3.05) is 0 Å². The summed E-state index contributed by atoms with van der Waals surface area (Å²) in [5.41, 5.74) is 12.8. The molecule has 3 heterocycles. The molecule has 0 saturated heterocycles. The van der Waals surface area contributed by atoms with Gasteiger partial charge in [-0.3, -0.25) is 0 Å². The summed E-state index contributed by atoms with van der Waals surface area (Å²) in [5.74, 6) is 0. The van der Waals surface area contributed by atoms with E-state index in [0.29, 0.717) is 18.8 Å². The molecule has 8 aromatic rings.